The number of para-hydroxylation sites is 1. The van der Waals surface area contributed by atoms with Crippen LogP contribution in [0, 0.1) is 0 Å². The molecular formula is C32H24O11. The van der Waals surface area contributed by atoms with E-state index in [0.717, 1.165) is 29.8 Å². The molecule has 0 amide bonds. The fraction of sp³-hybridized carbons (Fsp3) is 0.0625. The summed E-state index contributed by atoms with van der Waals surface area (Å²) in [5.41, 5.74) is 0.0965. The lowest BCUT2D eigenvalue weighted by molar-refractivity contribution is 0.391. The quantitative estimate of drug-likeness (QED) is 0.166. The van der Waals surface area contributed by atoms with Crippen molar-refractivity contribution in [2.24, 2.45) is 0 Å². The molecule has 0 aliphatic heterocycles. The van der Waals surface area contributed by atoms with Crippen LogP contribution < -0.4 is 20.3 Å². The summed E-state index contributed by atoms with van der Waals surface area (Å²) in [6.45, 7) is 0. The summed E-state index contributed by atoms with van der Waals surface area (Å²) in [6, 6.07) is 20.2. The van der Waals surface area contributed by atoms with E-state index in [0.29, 0.717) is 22.5 Å². The monoisotopic (exact) mass is 584 g/mol. The van der Waals surface area contributed by atoms with Gasteiger partial charge in [0.2, 0.25) is 22.4 Å². The Kier molecular flexibility index (Phi) is 7.55. The average Bonchev–Trinajstić information content (AvgIpc) is 3.00. The molecule has 11 nitrogen and oxygen atoms in total. The van der Waals surface area contributed by atoms with Gasteiger partial charge in [-0.15, -0.1) is 0 Å². The van der Waals surface area contributed by atoms with Crippen LogP contribution in [0.5, 0.6) is 40.2 Å². The predicted octanol–water partition coefficient (Wildman–Crippen LogP) is 5.47. The first-order valence-corrected chi connectivity index (χ1v) is 12.6. The molecule has 0 atom stereocenters. The number of methoxy groups -OCH3 is 2. The molecule has 4 aromatic carbocycles. The van der Waals surface area contributed by atoms with Crippen LogP contribution in [0.2, 0.25) is 0 Å². The number of fused-ring (bicyclic) bond motifs is 2. The van der Waals surface area contributed by atoms with Crippen molar-refractivity contribution in [2.45, 2.75) is 0 Å². The molecule has 11 heteroatoms. The minimum atomic E-state index is -0.888. The molecule has 0 saturated heterocycles. The fourth-order valence-corrected chi connectivity index (χ4v) is 4.43. The highest BCUT2D eigenvalue weighted by atomic mass is 16.5. The minimum absolute atomic E-state index is 0.134. The standard InChI is InChI=1S/C17H14O4.C15H10O7/c1-19-13-10-6-9-12-14(18)17(20-2)15(21-16(12)13)11-7-4-3-5-8-11;16-7-4-10(19)12-11(5-7)22-15(14(21)13(12)20)6-1-2-8(17)9(18)3-6/h3-10H,1-2H3;1-5,16-19,21H. The first-order valence-electron chi connectivity index (χ1n) is 12.6. The third kappa shape index (κ3) is 5.22. The molecular weight excluding hydrogens is 560 g/mol. The Labute approximate surface area is 242 Å². The van der Waals surface area contributed by atoms with Gasteiger partial charge in [0.25, 0.3) is 0 Å². The molecule has 6 rings (SSSR count). The number of hydrogen-bond donors (Lipinski definition) is 5. The molecule has 0 saturated carbocycles. The molecule has 2 aromatic heterocycles. The molecule has 0 radical (unpaired) electrons. The number of phenols is 4. The molecule has 0 unspecified atom stereocenters. The van der Waals surface area contributed by atoms with Crippen LogP contribution in [0.25, 0.3) is 44.6 Å². The Morgan fingerprint density at radius 2 is 1.37 bits per heavy atom. The van der Waals surface area contributed by atoms with E-state index in [1.165, 1.54) is 13.2 Å². The van der Waals surface area contributed by atoms with E-state index >= 15 is 0 Å². The van der Waals surface area contributed by atoms with Crippen molar-refractivity contribution in [2.75, 3.05) is 14.2 Å². The first-order chi connectivity index (χ1) is 20.6. The maximum Gasteiger partial charge on any atom is 0.238 e. The van der Waals surface area contributed by atoms with Crippen LogP contribution >= 0.6 is 0 Å². The van der Waals surface area contributed by atoms with Crippen molar-refractivity contribution in [1.29, 1.82) is 0 Å². The Bertz CT molecular complexity index is 2090. The second kappa shape index (κ2) is 11.4. The second-order valence-electron chi connectivity index (χ2n) is 9.15. The van der Waals surface area contributed by atoms with Gasteiger partial charge in [0, 0.05) is 23.3 Å². The summed E-state index contributed by atoms with van der Waals surface area (Å²) >= 11 is 0. The zero-order chi connectivity index (χ0) is 30.8. The molecule has 0 bridgehead atoms. The van der Waals surface area contributed by atoms with Gasteiger partial charge in [-0.1, -0.05) is 36.4 Å². The van der Waals surface area contributed by atoms with Gasteiger partial charge >= 0.3 is 0 Å². The normalized spacial score (nSPS) is 10.7. The Balaban J connectivity index is 0.000000171. The van der Waals surface area contributed by atoms with Gasteiger partial charge in [0.1, 0.15) is 22.5 Å². The Hall–Kier alpha value is -6.10. The summed E-state index contributed by atoms with van der Waals surface area (Å²) in [4.78, 5) is 24.7. The molecule has 0 aliphatic carbocycles. The van der Waals surface area contributed by atoms with Gasteiger partial charge in [-0.2, -0.15) is 0 Å². The zero-order valence-electron chi connectivity index (χ0n) is 22.7. The van der Waals surface area contributed by atoms with Crippen LogP contribution in [0.1, 0.15) is 0 Å². The second-order valence-corrected chi connectivity index (χ2v) is 9.15. The van der Waals surface area contributed by atoms with E-state index in [4.69, 9.17) is 18.3 Å². The summed E-state index contributed by atoms with van der Waals surface area (Å²) < 4.78 is 21.8. The highest BCUT2D eigenvalue weighted by Gasteiger charge is 2.20. The van der Waals surface area contributed by atoms with Crippen LogP contribution in [-0.4, -0.2) is 39.8 Å². The van der Waals surface area contributed by atoms with Crippen molar-refractivity contribution < 1.29 is 43.8 Å². The molecule has 218 valence electrons. The van der Waals surface area contributed by atoms with Gasteiger partial charge in [-0.05, 0) is 30.3 Å². The molecule has 5 N–H and O–H groups in total. The van der Waals surface area contributed by atoms with Crippen molar-refractivity contribution in [3.63, 3.8) is 0 Å². The molecule has 0 spiro atoms. The van der Waals surface area contributed by atoms with Crippen LogP contribution in [-0.2, 0) is 0 Å². The summed E-state index contributed by atoms with van der Waals surface area (Å²) in [6.07, 6.45) is 0. The number of ether oxygens (including phenoxy) is 2. The Morgan fingerprint density at radius 3 is 2.05 bits per heavy atom. The van der Waals surface area contributed by atoms with Gasteiger partial charge in [-0.25, -0.2) is 0 Å². The summed E-state index contributed by atoms with van der Waals surface area (Å²) in [5, 5.41) is 48.1. The molecule has 43 heavy (non-hydrogen) atoms. The molecule has 2 heterocycles. The van der Waals surface area contributed by atoms with Crippen molar-refractivity contribution in [3.05, 3.63) is 99.3 Å². The number of aromatic hydroxyl groups is 5. The van der Waals surface area contributed by atoms with Crippen LogP contribution in [0.4, 0.5) is 0 Å². The number of hydrogen-bond acceptors (Lipinski definition) is 11. The van der Waals surface area contributed by atoms with Crippen molar-refractivity contribution in [1.82, 2.24) is 0 Å². The van der Waals surface area contributed by atoms with E-state index in [2.05, 4.69) is 0 Å². The maximum absolute atomic E-state index is 12.6. The fourth-order valence-electron chi connectivity index (χ4n) is 4.43. The molecule has 0 aliphatic rings. The highest BCUT2D eigenvalue weighted by molar-refractivity contribution is 5.88. The topological polar surface area (TPSA) is 180 Å². The largest absolute Gasteiger partial charge is 0.508 e. The van der Waals surface area contributed by atoms with E-state index in [9.17, 15) is 35.1 Å². The van der Waals surface area contributed by atoms with E-state index < -0.39 is 22.7 Å². The molecule has 6 aromatic rings. The lowest BCUT2D eigenvalue weighted by Crippen LogP contribution is -2.08. The van der Waals surface area contributed by atoms with Gasteiger partial charge in [0.05, 0.1) is 19.6 Å². The Morgan fingerprint density at radius 1 is 0.628 bits per heavy atom. The van der Waals surface area contributed by atoms with E-state index in [1.807, 2.05) is 30.3 Å². The predicted molar refractivity (Wildman–Crippen MR) is 157 cm³/mol. The van der Waals surface area contributed by atoms with Crippen LogP contribution in [0.3, 0.4) is 0 Å². The number of phenolic OH excluding ortho intramolecular Hbond substituents is 4. The highest BCUT2D eigenvalue weighted by Crippen LogP contribution is 2.38. The summed E-state index contributed by atoms with van der Waals surface area (Å²) in [7, 11) is 3.01. The third-order valence-electron chi connectivity index (χ3n) is 6.47. The number of benzene rings is 4. The van der Waals surface area contributed by atoms with Gasteiger partial charge in [0.15, 0.2) is 34.4 Å². The van der Waals surface area contributed by atoms with Crippen molar-refractivity contribution >= 4 is 21.9 Å². The summed E-state index contributed by atoms with van der Waals surface area (Å²) in [5.74, 6) is -1.60. The lowest BCUT2D eigenvalue weighted by Gasteiger charge is -2.10. The van der Waals surface area contributed by atoms with Gasteiger partial charge < -0.3 is 43.8 Å². The lowest BCUT2D eigenvalue weighted by atomic mass is 10.1. The smallest absolute Gasteiger partial charge is 0.238 e. The maximum atomic E-state index is 12.6. The third-order valence-corrected chi connectivity index (χ3v) is 6.47. The zero-order valence-corrected chi connectivity index (χ0v) is 22.7. The average molecular weight is 585 g/mol. The van der Waals surface area contributed by atoms with Crippen molar-refractivity contribution in [3.8, 4) is 62.9 Å². The van der Waals surface area contributed by atoms with E-state index in [1.54, 1.807) is 25.3 Å². The molecule has 0 fully saturated rings. The number of rotatable bonds is 4. The van der Waals surface area contributed by atoms with Gasteiger partial charge in [-0.3, -0.25) is 9.59 Å². The first kappa shape index (κ1) is 28.4. The SMILES string of the molecule is COc1c(-c2ccccc2)oc2c(OC)cccc2c1=O.O=c1c(O)c(-c2ccc(O)c(O)c2)oc2cc(O)cc(O)c12. The van der Waals surface area contributed by atoms with E-state index in [-0.39, 0.29) is 45.0 Å². The van der Waals surface area contributed by atoms with Crippen LogP contribution in [0.15, 0.2) is 97.3 Å². The minimum Gasteiger partial charge on any atom is -0.508 e.